The highest BCUT2D eigenvalue weighted by atomic mass is 16.6. The van der Waals surface area contributed by atoms with Crippen molar-refractivity contribution in [1.29, 1.82) is 0 Å². The lowest BCUT2D eigenvalue weighted by atomic mass is 9.84. The van der Waals surface area contributed by atoms with E-state index in [1.807, 2.05) is 111 Å². The predicted octanol–water partition coefficient (Wildman–Crippen LogP) is 10.9. The van der Waals surface area contributed by atoms with E-state index in [1.165, 1.54) is 28.0 Å². The number of likely N-dealkylation sites (tertiary alicyclic amines) is 2. The molecular formula is C70H87N5O12. The number of nitrogens with zero attached hydrogens (tertiary/aromatic N) is 2. The van der Waals surface area contributed by atoms with E-state index in [1.54, 1.807) is 39.8 Å². The van der Waals surface area contributed by atoms with Crippen molar-refractivity contribution in [2.45, 2.75) is 156 Å². The summed E-state index contributed by atoms with van der Waals surface area (Å²) >= 11 is 0. The summed E-state index contributed by atoms with van der Waals surface area (Å²) < 4.78 is 24.8. The number of benzene rings is 5. The van der Waals surface area contributed by atoms with Gasteiger partial charge in [-0.05, 0) is 155 Å². The zero-order chi connectivity index (χ0) is 62.5. The first-order valence-electron chi connectivity index (χ1n) is 30.9. The van der Waals surface area contributed by atoms with Crippen molar-refractivity contribution < 1.29 is 57.3 Å². The number of hydrogen-bond donors (Lipinski definition) is 3. The van der Waals surface area contributed by atoms with Crippen LogP contribution in [0, 0.1) is 10.8 Å². The zero-order valence-electron chi connectivity index (χ0n) is 51.4. The maximum atomic E-state index is 14.0. The summed E-state index contributed by atoms with van der Waals surface area (Å²) in [5, 5.41) is 5.77. The Hall–Kier alpha value is -8.34. The molecule has 87 heavy (non-hydrogen) atoms. The van der Waals surface area contributed by atoms with Crippen molar-refractivity contribution >= 4 is 52.8 Å². The normalized spacial score (nSPS) is 15.9. The van der Waals surface area contributed by atoms with Crippen LogP contribution >= 0.6 is 0 Å². The largest absolute Gasteiger partial charge is 0.494 e. The first-order valence-corrected chi connectivity index (χ1v) is 30.9. The smallest absolute Gasteiger partial charge is 0.329 e. The molecule has 2 aliphatic heterocycles. The molecule has 0 spiro atoms. The quantitative estimate of drug-likeness (QED) is 0.0168. The molecule has 0 aromatic heterocycles. The number of nitrogens with one attached hydrogen (secondary N) is 2. The van der Waals surface area contributed by atoms with E-state index in [4.69, 9.17) is 24.7 Å². The highest BCUT2D eigenvalue weighted by Gasteiger charge is 2.43. The standard InChI is InChI=1S/C70H87N5O12/c1-7-69(3,4)61(76)65(80)74-39-17-15-31-57(74)67(82)86-59(35-33-48-23-11-9-12-24-48)50-27-19-29-55(46-50)84-41-21-37-72-63(78)52-43-53(45-54(71)44-52)64(79)73-38-22-42-85-56-30-20-28-51(47-56)60(36-34-49-25-13-10-14-26-49)87-68(83)58-32-16-18-40-75(58)66(81)62(77)70(5,6)8-2/h9-14,19-20,23-30,43-47,57-60H,7-8,15-18,21-22,31-42,71H2,1-6H3,(H,72,78)(H,73,79)/t57-,58?,59+,60?/m0/s1. The molecule has 17 nitrogen and oxygen atoms in total. The number of carbonyl (C=O) groups is 8. The van der Waals surface area contributed by atoms with Gasteiger partial charge in [0.1, 0.15) is 35.8 Å². The Labute approximate surface area is 512 Å². The Morgan fingerprint density at radius 1 is 0.529 bits per heavy atom. The van der Waals surface area contributed by atoms with E-state index in [0.29, 0.717) is 113 Å². The number of nitrogens with two attached hydrogens (primary N) is 1. The number of anilines is 1. The second-order valence-corrected chi connectivity index (χ2v) is 24.0. The van der Waals surface area contributed by atoms with Crippen molar-refractivity contribution in [1.82, 2.24) is 20.4 Å². The van der Waals surface area contributed by atoms with Crippen LogP contribution in [-0.2, 0) is 51.1 Å². The molecule has 4 atom stereocenters. The van der Waals surface area contributed by atoms with Crippen molar-refractivity contribution in [2.75, 3.05) is 45.1 Å². The number of nitrogen functional groups attached to an aromatic ring is 1. The average Bonchev–Trinajstić information content (AvgIpc) is 2.27. The van der Waals surface area contributed by atoms with Crippen LogP contribution in [0.3, 0.4) is 0 Å². The van der Waals surface area contributed by atoms with Gasteiger partial charge in [0.15, 0.2) is 0 Å². The monoisotopic (exact) mass is 1190 g/mol. The number of carbonyl (C=O) groups excluding carboxylic acids is 8. The maximum Gasteiger partial charge on any atom is 0.329 e. The number of aryl methyl sites for hydroxylation is 2. The van der Waals surface area contributed by atoms with Gasteiger partial charge in [-0.25, -0.2) is 9.59 Å². The Balaban J connectivity index is 0.886. The van der Waals surface area contributed by atoms with Gasteiger partial charge in [0.25, 0.3) is 23.6 Å². The third-order valence-corrected chi connectivity index (χ3v) is 16.7. The van der Waals surface area contributed by atoms with Gasteiger partial charge in [0.2, 0.25) is 11.6 Å². The molecule has 0 saturated carbocycles. The van der Waals surface area contributed by atoms with Gasteiger partial charge < -0.3 is 45.1 Å². The third kappa shape index (κ3) is 18.8. The van der Waals surface area contributed by atoms with Crippen LogP contribution in [0.4, 0.5) is 5.69 Å². The zero-order valence-corrected chi connectivity index (χ0v) is 51.4. The summed E-state index contributed by atoms with van der Waals surface area (Å²) in [5.74, 6) is -3.16. The predicted molar refractivity (Wildman–Crippen MR) is 333 cm³/mol. The first kappa shape index (κ1) is 66.2. The van der Waals surface area contributed by atoms with Gasteiger partial charge in [-0.3, -0.25) is 28.8 Å². The number of rotatable bonds is 30. The number of esters is 2. The van der Waals surface area contributed by atoms with Crippen LogP contribution in [-0.4, -0.2) is 108 Å². The molecule has 5 aromatic rings. The average molecular weight is 1190 g/mol. The molecule has 7 rings (SSSR count). The Kier molecular flexibility index (Phi) is 24.2. The fourth-order valence-corrected chi connectivity index (χ4v) is 10.6. The summed E-state index contributed by atoms with van der Waals surface area (Å²) in [7, 11) is 0. The maximum absolute atomic E-state index is 14.0. The summed E-state index contributed by atoms with van der Waals surface area (Å²) in [4.78, 5) is 111. The summed E-state index contributed by atoms with van der Waals surface area (Å²) in [6, 6.07) is 37.2. The van der Waals surface area contributed by atoms with Gasteiger partial charge in [-0.15, -0.1) is 0 Å². The molecule has 5 aromatic carbocycles. The molecule has 2 unspecified atom stereocenters. The fourth-order valence-electron chi connectivity index (χ4n) is 10.6. The van der Waals surface area contributed by atoms with Crippen LogP contribution < -0.4 is 25.8 Å². The summed E-state index contributed by atoms with van der Waals surface area (Å²) in [5.41, 5.74) is 8.74. The van der Waals surface area contributed by atoms with E-state index >= 15 is 0 Å². The Morgan fingerprint density at radius 3 is 1.32 bits per heavy atom. The van der Waals surface area contributed by atoms with E-state index in [2.05, 4.69) is 10.6 Å². The molecule has 0 aliphatic carbocycles. The van der Waals surface area contributed by atoms with Crippen LogP contribution in [0.15, 0.2) is 127 Å². The first-order chi connectivity index (χ1) is 41.8. The van der Waals surface area contributed by atoms with E-state index in [9.17, 15) is 38.4 Å². The van der Waals surface area contributed by atoms with E-state index < -0.39 is 82.3 Å². The number of amides is 4. The van der Waals surface area contributed by atoms with Crippen LogP contribution in [0.5, 0.6) is 11.5 Å². The van der Waals surface area contributed by atoms with Crippen molar-refractivity contribution in [2.24, 2.45) is 10.8 Å². The number of ketones is 2. The number of hydrogen-bond acceptors (Lipinski definition) is 13. The minimum atomic E-state index is -0.872. The molecule has 2 aliphatic rings. The molecule has 4 N–H and O–H groups in total. The van der Waals surface area contributed by atoms with Gasteiger partial charge in [-0.2, -0.15) is 0 Å². The molecule has 464 valence electrons. The van der Waals surface area contributed by atoms with Crippen LogP contribution in [0.25, 0.3) is 0 Å². The highest BCUT2D eigenvalue weighted by molar-refractivity contribution is 6.38. The second-order valence-electron chi connectivity index (χ2n) is 24.0. The molecule has 4 amide bonds. The van der Waals surface area contributed by atoms with Gasteiger partial charge >= 0.3 is 11.9 Å². The van der Waals surface area contributed by atoms with Crippen molar-refractivity contribution in [3.8, 4) is 11.5 Å². The lowest BCUT2D eigenvalue weighted by Gasteiger charge is -2.36. The lowest BCUT2D eigenvalue weighted by molar-refractivity contribution is -0.165. The third-order valence-electron chi connectivity index (χ3n) is 16.7. The Bertz CT molecular complexity index is 2960. The summed E-state index contributed by atoms with van der Waals surface area (Å²) in [6.45, 7) is 12.3. The molecule has 0 bridgehead atoms. The number of Topliss-reactive ketones (excluding diaryl/α,β-unsaturated/α-hetero) is 2. The fraction of sp³-hybridized carbons (Fsp3) is 0.457. The van der Waals surface area contributed by atoms with E-state index in [-0.39, 0.29) is 43.1 Å². The number of piperidine rings is 2. The second kappa shape index (κ2) is 31.9. The van der Waals surface area contributed by atoms with Crippen LogP contribution in [0.2, 0.25) is 0 Å². The summed E-state index contributed by atoms with van der Waals surface area (Å²) in [6.07, 6.45) is 6.33. The van der Waals surface area contributed by atoms with Gasteiger partial charge in [0.05, 0.1) is 13.2 Å². The topological polar surface area (TPSA) is 230 Å². The van der Waals surface area contributed by atoms with Crippen molar-refractivity contribution in [3.63, 3.8) is 0 Å². The van der Waals surface area contributed by atoms with Gasteiger partial charge in [0, 0.05) is 53.8 Å². The Morgan fingerprint density at radius 2 is 0.931 bits per heavy atom. The van der Waals surface area contributed by atoms with Gasteiger partial charge in [-0.1, -0.05) is 126 Å². The SMILES string of the molecule is CCC(C)(C)C(=O)C(=O)N1CCCCC1C(=O)OC(CCc1ccccc1)c1cccc(OCCCNC(=O)c2cc(N)cc(C(=O)NCCCOc3cccc([C@@H](CCc4ccccc4)OC(=O)[C@@H]4CCCCN4C(=O)C(=O)C(C)(C)CC)c3)c2)c1. The minimum Gasteiger partial charge on any atom is -0.494 e. The van der Waals surface area contributed by atoms with E-state index in [0.717, 1.165) is 24.0 Å². The van der Waals surface area contributed by atoms with Crippen molar-refractivity contribution in [3.05, 3.63) is 161 Å². The number of ether oxygens (including phenoxy) is 4. The molecule has 2 fully saturated rings. The molecule has 2 saturated heterocycles. The molecule has 17 heteroatoms. The molecular weight excluding hydrogens is 1100 g/mol. The van der Waals surface area contributed by atoms with Crippen LogP contribution in [0.1, 0.15) is 174 Å². The highest BCUT2D eigenvalue weighted by Crippen LogP contribution is 2.33. The molecule has 0 radical (unpaired) electrons. The molecule has 2 heterocycles. The minimum absolute atomic E-state index is 0.216. The lowest BCUT2D eigenvalue weighted by Crippen LogP contribution is -2.53.